The molecule has 0 aliphatic rings. The fourth-order valence-corrected chi connectivity index (χ4v) is 2.07. The topological polar surface area (TPSA) is 116 Å². The molecule has 24 heavy (non-hydrogen) atoms. The smallest absolute Gasteiger partial charge is 0.325 e. The number of hydrogen-bond acceptors (Lipinski definition) is 6. The molecule has 7 nitrogen and oxygen atoms in total. The van der Waals surface area contributed by atoms with Crippen molar-refractivity contribution in [1.82, 2.24) is 0 Å². The zero-order valence-electron chi connectivity index (χ0n) is 13.8. The molecule has 130 valence electrons. The Bertz CT molecular complexity index is 633. The minimum Gasteiger partial charge on any atom is -0.465 e. The minimum absolute atomic E-state index is 0.00763. The van der Waals surface area contributed by atoms with Crippen LogP contribution in [0.5, 0.6) is 0 Å². The lowest BCUT2D eigenvalue weighted by Crippen LogP contribution is -2.49. The fourth-order valence-electron chi connectivity index (χ4n) is 2.07. The molecule has 0 bridgehead atoms. The Kier molecular flexibility index (Phi) is 6.67. The maximum Gasteiger partial charge on any atom is 0.325 e. The van der Waals surface area contributed by atoms with Crippen molar-refractivity contribution in [2.24, 2.45) is 11.7 Å². The number of primary amides is 1. The molecule has 0 radical (unpaired) electrons. The maximum absolute atomic E-state index is 11.9. The van der Waals surface area contributed by atoms with Gasteiger partial charge in [0.25, 0.3) is 0 Å². The predicted molar refractivity (Wildman–Crippen MR) is 86.2 cm³/mol. The van der Waals surface area contributed by atoms with Gasteiger partial charge in [0.05, 0.1) is 6.61 Å². The molecule has 1 aromatic carbocycles. The summed E-state index contributed by atoms with van der Waals surface area (Å²) in [6, 6.07) is 6.90. The number of benzene rings is 1. The molecule has 3 N–H and O–H groups in total. The third-order valence-corrected chi connectivity index (χ3v) is 3.21. The number of carbonyl (C=O) groups is 3. The Morgan fingerprint density at radius 1 is 1.33 bits per heavy atom. The molecule has 0 fully saturated rings. The standard InChI is InChI=1S/C17H21NO6/c1-4-23-16(21)14(15(18)20)17(3,22)24-13(9-10-19)12-7-5-11(2)6-8-12/h5-10,14,22H,4H2,1-3H3,(H2,18,20)/b13-9-. The van der Waals surface area contributed by atoms with Gasteiger partial charge in [-0.3, -0.25) is 14.4 Å². The monoisotopic (exact) mass is 335 g/mol. The zero-order chi connectivity index (χ0) is 18.3. The molecule has 1 amide bonds. The van der Waals surface area contributed by atoms with Gasteiger partial charge in [-0.05, 0) is 13.8 Å². The summed E-state index contributed by atoms with van der Waals surface area (Å²) >= 11 is 0. The van der Waals surface area contributed by atoms with Crippen LogP contribution in [0.25, 0.3) is 5.76 Å². The molecular weight excluding hydrogens is 314 g/mol. The van der Waals surface area contributed by atoms with Gasteiger partial charge in [-0.2, -0.15) is 0 Å². The van der Waals surface area contributed by atoms with Crippen LogP contribution in [0.3, 0.4) is 0 Å². The van der Waals surface area contributed by atoms with E-state index in [4.69, 9.17) is 15.2 Å². The Balaban J connectivity index is 3.16. The quantitative estimate of drug-likeness (QED) is 0.182. The van der Waals surface area contributed by atoms with E-state index in [0.717, 1.165) is 18.6 Å². The highest BCUT2D eigenvalue weighted by molar-refractivity contribution is 5.98. The average Bonchev–Trinajstić information content (AvgIpc) is 2.46. The molecule has 1 rings (SSSR count). The first-order valence-electron chi connectivity index (χ1n) is 7.32. The second-order valence-corrected chi connectivity index (χ2v) is 5.28. The Labute approximate surface area is 140 Å². The van der Waals surface area contributed by atoms with Crippen molar-refractivity contribution in [3.63, 3.8) is 0 Å². The van der Waals surface area contributed by atoms with E-state index in [-0.39, 0.29) is 12.4 Å². The summed E-state index contributed by atoms with van der Waals surface area (Å²) in [5.41, 5.74) is 6.66. The lowest BCUT2D eigenvalue weighted by atomic mass is 9.99. The molecule has 0 aromatic heterocycles. The van der Waals surface area contributed by atoms with Crippen molar-refractivity contribution in [1.29, 1.82) is 0 Å². The number of ether oxygens (including phenoxy) is 2. The lowest BCUT2D eigenvalue weighted by Gasteiger charge is -2.30. The van der Waals surface area contributed by atoms with Gasteiger partial charge in [0, 0.05) is 18.6 Å². The van der Waals surface area contributed by atoms with E-state index in [2.05, 4.69) is 0 Å². The highest BCUT2D eigenvalue weighted by Crippen LogP contribution is 2.28. The van der Waals surface area contributed by atoms with Gasteiger partial charge in [-0.15, -0.1) is 0 Å². The predicted octanol–water partition coefficient (Wildman–Crippen LogP) is 0.925. The van der Waals surface area contributed by atoms with Crippen LogP contribution in [-0.2, 0) is 23.9 Å². The van der Waals surface area contributed by atoms with Gasteiger partial charge in [0.1, 0.15) is 12.0 Å². The summed E-state index contributed by atoms with van der Waals surface area (Å²) in [7, 11) is 0. The largest absolute Gasteiger partial charge is 0.465 e. The third-order valence-electron chi connectivity index (χ3n) is 3.21. The van der Waals surface area contributed by atoms with E-state index in [1.807, 2.05) is 6.92 Å². The van der Waals surface area contributed by atoms with E-state index in [0.29, 0.717) is 11.8 Å². The van der Waals surface area contributed by atoms with Crippen molar-refractivity contribution in [2.45, 2.75) is 26.6 Å². The number of aliphatic hydroxyl groups is 1. The van der Waals surface area contributed by atoms with E-state index < -0.39 is 23.6 Å². The molecule has 0 saturated heterocycles. The van der Waals surface area contributed by atoms with Crippen LogP contribution in [0.15, 0.2) is 30.3 Å². The van der Waals surface area contributed by atoms with E-state index in [9.17, 15) is 19.5 Å². The van der Waals surface area contributed by atoms with Crippen LogP contribution in [0.4, 0.5) is 0 Å². The van der Waals surface area contributed by atoms with Crippen LogP contribution in [0.2, 0.25) is 0 Å². The van der Waals surface area contributed by atoms with Gasteiger partial charge in [0.2, 0.25) is 11.7 Å². The van der Waals surface area contributed by atoms with E-state index in [1.165, 1.54) is 0 Å². The number of esters is 1. The van der Waals surface area contributed by atoms with Crippen molar-refractivity contribution >= 4 is 23.9 Å². The minimum atomic E-state index is -2.29. The number of rotatable bonds is 8. The molecule has 1 aromatic rings. The van der Waals surface area contributed by atoms with Crippen LogP contribution in [0.1, 0.15) is 25.0 Å². The summed E-state index contributed by atoms with van der Waals surface area (Å²) in [6.07, 6.45) is 1.54. The Hall–Kier alpha value is -2.67. The van der Waals surface area contributed by atoms with Gasteiger partial charge in [0.15, 0.2) is 5.92 Å². The first-order valence-corrected chi connectivity index (χ1v) is 7.32. The summed E-state index contributed by atoms with van der Waals surface area (Å²) in [5, 5.41) is 10.5. The lowest BCUT2D eigenvalue weighted by molar-refractivity contribution is -0.200. The molecule has 0 heterocycles. The number of hydrogen-bond donors (Lipinski definition) is 2. The molecule has 0 saturated carbocycles. The number of aryl methyl sites for hydroxylation is 1. The van der Waals surface area contributed by atoms with Crippen molar-refractivity contribution in [3.05, 3.63) is 41.5 Å². The van der Waals surface area contributed by atoms with Crippen molar-refractivity contribution in [3.8, 4) is 0 Å². The van der Waals surface area contributed by atoms with Gasteiger partial charge < -0.3 is 20.3 Å². The molecule has 7 heteroatoms. The fraction of sp³-hybridized carbons (Fsp3) is 0.353. The number of amides is 1. The molecule has 0 aliphatic heterocycles. The van der Waals surface area contributed by atoms with Crippen LogP contribution in [-0.4, -0.2) is 35.7 Å². The highest BCUT2D eigenvalue weighted by Gasteiger charge is 2.46. The second-order valence-electron chi connectivity index (χ2n) is 5.28. The maximum atomic E-state index is 11.9. The normalized spacial score (nSPS) is 15.1. The first kappa shape index (κ1) is 19.4. The number of allylic oxidation sites excluding steroid dienone is 1. The van der Waals surface area contributed by atoms with Crippen LogP contribution >= 0.6 is 0 Å². The van der Waals surface area contributed by atoms with Crippen LogP contribution < -0.4 is 5.73 Å². The SMILES string of the molecule is CCOC(=O)C(C(N)=O)C(C)(O)O/C(=C\C=O)c1ccc(C)cc1. The Morgan fingerprint density at radius 3 is 2.38 bits per heavy atom. The number of carbonyl (C=O) groups excluding carboxylic acids is 3. The summed E-state index contributed by atoms with van der Waals surface area (Å²) < 4.78 is 10.1. The van der Waals surface area contributed by atoms with Crippen molar-refractivity contribution in [2.75, 3.05) is 6.61 Å². The average molecular weight is 335 g/mol. The number of nitrogens with two attached hydrogens (primary N) is 1. The third kappa shape index (κ3) is 4.92. The Morgan fingerprint density at radius 2 is 1.92 bits per heavy atom. The summed E-state index contributed by atoms with van der Waals surface area (Å²) in [6.45, 7) is 4.54. The molecule has 2 unspecified atom stereocenters. The van der Waals surface area contributed by atoms with E-state index in [1.54, 1.807) is 31.2 Å². The molecular formula is C17H21NO6. The van der Waals surface area contributed by atoms with Gasteiger partial charge in [-0.25, -0.2) is 0 Å². The summed E-state index contributed by atoms with van der Waals surface area (Å²) in [4.78, 5) is 34.3. The highest BCUT2D eigenvalue weighted by atomic mass is 16.6. The van der Waals surface area contributed by atoms with E-state index >= 15 is 0 Å². The summed E-state index contributed by atoms with van der Waals surface area (Å²) in [5.74, 6) is -6.17. The first-order chi connectivity index (χ1) is 11.2. The van der Waals surface area contributed by atoms with Crippen LogP contribution in [0, 0.1) is 12.8 Å². The second kappa shape index (κ2) is 8.26. The van der Waals surface area contributed by atoms with Gasteiger partial charge >= 0.3 is 5.97 Å². The molecule has 0 spiro atoms. The number of aldehydes is 1. The molecule has 2 atom stereocenters. The van der Waals surface area contributed by atoms with Crippen molar-refractivity contribution < 1.29 is 29.0 Å². The zero-order valence-corrected chi connectivity index (χ0v) is 13.8. The molecule has 0 aliphatic carbocycles. The van der Waals surface area contributed by atoms with Gasteiger partial charge in [-0.1, -0.05) is 29.8 Å².